The number of rotatable bonds is 4. The second-order valence-corrected chi connectivity index (χ2v) is 5.69. The lowest BCUT2D eigenvalue weighted by Gasteiger charge is -2.19. The van der Waals surface area contributed by atoms with Crippen LogP contribution in [-0.4, -0.2) is 12.9 Å². The summed E-state index contributed by atoms with van der Waals surface area (Å²) < 4.78 is 1.25. The van der Waals surface area contributed by atoms with E-state index in [1.165, 1.54) is 9.13 Å². The Morgan fingerprint density at radius 2 is 1.68 bits per heavy atom. The van der Waals surface area contributed by atoms with Crippen molar-refractivity contribution in [1.82, 2.24) is 0 Å². The number of hydrogen-bond acceptors (Lipinski definition) is 2. The van der Waals surface area contributed by atoms with E-state index in [2.05, 4.69) is 58.8 Å². The SMILES string of the molecule is CN(Cc1ccc(I)cc1)c1ccc(C(=N)N)cc1. The van der Waals surface area contributed by atoms with Gasteiger partial charge in [0.15, 0.2) is 0 Å². The molecular weight excluding hydrogens is 349 g/mol. The summed E-state index contributed by atoms with van der Waals surface area (Å²) in [4.78, 5) is 2.17. The second kappa shape index (κ2) is 6.06. The molecule has 3 nitrogen and oxygen atoms in total. The van der Waals surface area contributed by atoms with Crippen molar-refractivity contribution in [3.8, 4) is 0 Å². The third kappa shape index (κ3) is 3.70. The van der Waals surface area contributed by atoms with Gasteiger partial charge in [-0.25, -0.2) is 0 Å². The predicted octanol–water partition coefficient (Wildman–Crippen LogP) is 3.21. The molecule has 4 heteroatoms. The highest BCUT2D eigenvalue weighted by molar-refractivity contribution is 14.1. The van der Waals surface area contributed by atoms with Crippen molar-refractivity contribution in [1.29, 1.82) is 5.41 Å². The first-order valence-electron chi connectivity index (χ1n) is 5.96. The van der Waals surface area contributed by atoms with Crippen molar-refractivity contribution in [3.63, 3.8) is 0 Å². The Kier molecular flexibility index (Phi) is 4.42. The Morgan fingerprint density at radius 1 is 1.11 bits per heavy atom. The van der Waals surface area contributed by atoms with E-state index in [0.29, 0.717) is 0 Å². The first-order valence-corrected chi connectivity index (χ1v) is 7.04. The molecule has 0 radical (unpaired) electrons. The molecule has 0 saturated carbocycles. The van der Waals surface area contributed by atoms with Gasteiger partial charge in [-0.05, 0) is 64.6 Å². The van der Waals surface area contributed by atoms with Crippen LogP contribution in [0.25, 0.3) is 0 Å². The van der Waals surface area contributed by atoms with Crippen LogP contribution in [0.1, 0.15) is 11.1 Å². The van der Waals surface area contributed by atoms with Gasteiger partial charge in [0.1, 0.15) is 5.84 Å². The van der Waals surface area contributed by atoms with Crippen LogP contribution in [0.5, 0.6) is 0 Å². The van der Waals surface area contributed by atoms with E-state index in [1.807, 2.05) is 24.3 Å². The van der Waals surface area contributed by atoms with Gasteiger partial charge in [-0.3, -0.25) is 5.41 Å². The minimum atomic E-state index is 0.104. The Labute approximate surface area is 127 Å². The first-order chi connectivity index (χ1) is 9.06. The van der Waals surface area contributed by atoms with Gasteiger partial charge in [0.05, 0.1) is 0 Å². The van der Waals surface area contributed by atoms with Crippen molar-refractivity contribution in [2.75, 3.05) is 11.9 Å². The Hall–Kier alpha value is -1.56. The number of benzene rings is 2. The van der Waals surface area contributed by atoms with Crippen molar-refractivity contribution in [2.45, 2.75) is 6.54 Å². The normalized spacial score (nSPS) is 10.2. The number of nitrogens with two attached hydrogens (primary N) is 1. The highest BCUT2D eigenvalue weighted by Gasteiger charge is 2.03. The molecule has 3 N–H and O–H groups in total. The first kappa shape index (κ1) is 13.9. The largest absolute Gasteiger partial charge is 0.384 e. The molecular formula is C15H16IN3. The fourth-order valence-electron chi connectivity index (χ4n) is 1.85. The number of hydrogen-bond donors (Lipinski definition) is 2. The van der Waals surface area contributed by atoms with Crippen LogP contribution in [0.4, 0.5) is 5.69 Å². The quantitative estimate of drug-likeness (QED) is 0.497. The molecule has 2 rings (SSSR count). The van der Waals surface area contributed by atoms with Gasteiger partial charge in [0.2, 0.25) is 0 Å². The Morgan fingerprint density at radius 3 is 2.21 bits per heavy atom. The molecule has 0 aliphatic rings. The molecule has 0 aliphatic carbocycles. The summed E-state index contributed by atoms with van der Waals surface area (Å²) in [6.45, 7) is 0.857. The molecule has 0 atom stereocenters. The van der Waals surface area contributed by atoms with Gasteiger partial charge in [-0.2, -0.15) is 0 Å². The third-order valence-corrected chi connectivity index (χ3v) is 3.67. The molecule has 0 amide bonds. The number of nitrogens with zero attached hydrogens (tertiary/aromatic N) is 1. The molecule has 98 valence electrons. The van der Waals surface area contributed by atoms with Crippen molar-refractivity contribution in [2.24, 2.45) is 5.73 Å². The maximum absolute atomic E-state index is 7.38. The van der Waals surface area contributed by atoms with Crippen molar-refractivity contribution < 1.29 is 0 Å². The lowest BCUT2D eigenvalue weighted by Crippen LogP contribution is -2.17. The fraction of sp³-hybridized carbons (Fsp3) is 0.133. The van der Waals surface area contributed by atoms with Gasteiger partial charge in [-0.1, -0.05) is 12.1 Å². The number of halogens is 1. The minimum absolute atomic E-state index is 0.104. The maximum Gasteiger partial charge on any atom is 0.122 e. The highest BCUT2D eigenvalue weighted by atomic mass is 127. The van der Waals surface area contributed by atoms with Gasteiger partial charge in [0, 0.05) is 28.4 Å². The van der Waals surface area contributed by atoms with E-state index < -0.39 is 0 Å². The van der Waals surface area contributed by atoms with E-state index >= 15 is 0 Å². The van der Waals surface area contributed by atoms with E-state index in [4.69, 9.17) is 11.1 Å². The summed E-state index contributed by atoms with van der Waals surface area (Å²) in [5, 5.41) is 7.38. The molecule has 0 bridgehead atoms. The smallest absolute Gasteiger partial charge is 0.122 e. The van der Waals surface area contributed by atoms with Crippen LogP contribution in [0.15, 0.2) is 48.5 Å². The Balaban J connectivity index is 2.09. The van der Waals surface area contributed by atoms with E-state index in [9.17, 15) is 0 Å². The van der Waals surface area contributed by atoms with E-state index in [1.54, 1.807) is 0 Å². The number of amidine groups is 1. The standard InChI is InChI=1S/C15H16IN3/c1-19(10-11-2-6-13(16)7-3-11)14-8-4-12(5-9-14)15(17)18/h2-9H,10H2,1H3,(H3,17,18). The maximum atomic E-state index is 7.38. The zero-order chi connectivity index (χ0) is 13.8. The lowest BCUT2D eigenvalue weighted by atomic mass is 10.1. The molecule has 0 saturated heterocycles. The molecule has 2 aromatic carbocycles. The lowest BCUT2D eigenvalue weighted by molar-refractivity contribution is 0.923. The van der Waals surface area contributed by atoms with Crippen LogP contribution in [0.2, 0.25) is 0 Å². The molecule has 19 heavy (non-hydrogen) atoms. The topological polar surface area (TPSA) is 53.1 Å². The predicted molar refractivity (Wildman–Crippen MR) is 88.7 cm³/mol. The van der Waals surface area contributed by atoms with Crippen LogP contribution in [0.3, 0.4) is 0 Å². The average Bonchev–Trinajstić information content (AvgIpc) is 2.41. The monoisotopic (exact) mass is 365 g/mol. The van der Waals surface area contributed by atoms with Crippen LogP contribution < -0.4 is 10.6 Å². The second-order valence-electron chi connectivity index (χ2n) is 4.44. The van der Waals surface area contributed by atoms with Gasteiger partial charge < -0.3 is 10.6 Å². The number of nitrogens with one attached hydrogen (secondary N) is 1. The highest BCUT2D eigenvalue weighted by Crippen LogP contribution is 2.17. The van der Waals surface area contributed by atoms with Gasteiger partial charge in [0.25, 0.3) is 0 Å². The summed E-state index contributed by atoms with van der Waals surface area (Å²) in [5.74, 6) is 0.104. The number of nitrogen functional groups attached to an aromatic ring is 1. The van der Waals surface area contributed by atoms with Gasteiger partial charge >= 0.3 is 0 Å². The molecule has 0 heterocycles. The minimum Gasteiger partial charge on any atom is -0.384 e. The molecule has 0 aromatic heterocycles. The summed E-state index contributed by atoms with van der Waals surface area (Å²) in [7, 11) is 2.06. The summed E-state index contributed by atoms with van der Waals surface area (Å²) in [6, 6.07) is 16.2. The Bertz CT molecular complexity index is 561. The molecule has 0 spiro atoms. The molecule has 0 unspecified atom stereocenters. The van der Waals surface area contributed by atoms with E-state index in [-0.39, 0.29) is 5.84 Å². The van der Waals surface area contributed by atoms with Crippen molar-refractivity contribution in [3.05, 3.63) is 63.2 Å². The molecule has 0 fully saturated rings. The summed E-state index contributed by atoms with van der Waals surface area (Å²) in [6.07, 6.45) is 0. The molecule has 2 aromatic rings. The summed E-state index contributed by atoms with van der Waals surface area (Å²) in [5.41, 5.74) is 8.59. The molecule has 0 aliphatic heterocycles. The van der Waals surface area contributed by atoms with Crippen molar-refractivity contribution >= 4 is 34.1 Å². The average molecular weight is 365 g/mol. The van der Waals surface area contributed by atoms with Crippen LogP contribution >= 0.6 is 22.6 Å². The zero-order valence-corrected chi connectivity index (χ0v) is 12.9. The number of anilines is 1. The van der Waals surface area contributed by atoms with Crippen LogP contribution in [0, 0.1) is 8.98 Å². The zero-order valence-electron chi connectivity index (χ0n) is 10.7. The van der Waals surface area contributed by atoms with Crippen LogP contribution in [-0.2, 0) is 6.54 Å². The third-order valence-electron chi connectivity index (χ3n) is 2.95. The van der Waals surface area contributed by atoms with Gasteiger partial charge in [-0.15, -0.1) is 0 Å². The fourth-order valence-corrected chi connectivity index (χ4v) is 2.21. The van der Waals surface area contributed by atoms with E-state index in [0.717, 1.165) is 17.8 Å². The summed E-state index contributed by atoms with van der Waals surface area (Å²) >= 11 is 2.31.